The fraction of sp³-hybridized carbons (Fsp3) is 0.522. The van der Waals surface area contributed by atoms with E-state index in [9.17, 15) is 14.5 Å². The summed E-state index contributed by atoms with van der Waals surface area (Å²) >= 11 is 0. The number of methoxy groups -OCH3 is 1. The molecule has 1 atom stereocenters. The zero-order chi connectivity index (χ0) is 24.0. The molecule has 0 aliphatic rings. The molecule has 0 aliphatic heterocycles. The molecule has 1 unspecified atom stereocenters. The maximum absolute atomic E-state index is 13.5. The van der Waals surface area contributed by atoms with Gasteiger partial charge in [-0.3, -0.25) is 18.4 Å². The van der Waals surface area contributed by atoms with E-state index in [1.165, 1.54) is 12.2 Å². The molecule has 1 N–H and O–H groups in total. The van der Waals surface area contributed by atoms with E-state index in [-0.39, 0.29) is 32.5 Å². The summed E-state index contributed by atoms with van der Waals surface area (Å²) < 4.78 is 36.1. The smallest absolute Gasteiger partial charge is 0.475 e. The van der Waals surface area contributed by atoms with Gasteiger partial charge in [0.15, 0.2) is 0 Å². The number of likely N-dealkylation sites (N-methyl/N-ethyl adjacent to an activating group) is 1. The third kappa shape index (κ3) is 9.27. The largest absolute Gasteiger partial charge is 0.496 e. The Morgan fingerprint density at radius 3 is 2.25 bits per heavy atom. The first-order valence-corrected chi connectivity index (χ1v) is 12.1. The molecule has 8 nitrogen and oxygen atoms in total. The highest BCUT2D eigenvalue weighted by Crippen LogP contribution is 2.54. The van der Waals surface area contributed by atoms with E-state index in [2.05, 4.69) is 18.1 Å². The molecule has 32 heavy (non-hydrogen) atoms. The first-order valence-electron chi connectivity index (χ1n) is 10.6. The van der Waals surface area contributed by atoms with Crippen molar-refractivity contribution in [2.45, 2.75) is 38.7 Å². The quantitative estimate of drug-likeness (QED) is 0.244. The van der Waals surface area contributed by atoms with Crippen molar-refractivity contribution in [3.05, 3.63) is 55.1 Å². The summed E-state index contributed by atoms with van der Waals surface area (Å²) in [5, 5.41) is 9.42. The predicted molar refractivity (Wildman–Crippen MR) is 125 cm³/mol. The number of rotatable bonds is 18. The number of benzene rings is 1. The van der Waals surface area contributed by atoms with Gasteiger partial charge in [-0.05, 0) is 31.1 Å². The van der Waals surface area contributed by atoms with E-state index < -0.39 is 19.4 Å². The van der Waals surface area contributed by atoms with Crippen LogP contribution in [0.5, 0.6) is 5.75 Å². The van der Waals surface area contributed by atoms with E-state index in [0.29, 0.717) is 25.4 Å². The number of hydrogen-bond donors (Lipinski definition) is 1. The number of carboxylic acid groups (broad SMARTS) is 1. The van der Waals surface area contributed by atoms with E-state index in [0.717, 1.165) is 5.56 Å². The van der Waals surface area contributed by atoms with Gasteiger partial charge in [0.25, 0.3) is 0 Å². The highest BCUT2D eigenvalue weighted by molar-refractivity contribution is 7.48. The number of carbonyl (C=O) groups is 1. The molecule has 0 aromatic heterocycles. The van der Waals surface area contributed by atoms with Gasteiger partial charge in [-0.2, -0.15) is 0 Å². The normalized spacial score (nSPS) is 13.5. The van der Waals surface area contributed by atoms with Crippen LogP contribution in [-0.4, -0.2) is 61.5 Å². The second kappa shape index (κ2) is 14.2. The third-order valence-electron chi connectivity index (χ3n) is 4.91. The van der Waals surface area contributed by atoms with Crippen LogP contribution < -0.4 is 4.74 Å². The number of para-hydroxylation sites is 1. The standard InChI is InChI=1S/C23H36NO7P/c1-6-16-29-32(27,30-17-7-2)31-23(15-14-22(25)26,19-24(8-3)9-4)18-20-12-10-11-13-21(20)28-5/h6-7,10-13H,1-2,8-9,14-19H2,3-5H3,(H,25,26). The van der Waals surface area contributed by atoms with Gasteiger partial charge < -0.3 is 14.7 Å². The SMILES string of the molecule is C=CCOP(=O)(OCC=C)OC(CCC(=O)O)(Cc1ccccc1OC)CN(CC)CC. The van der Waals surface area contributed by atoms with Crippen molar-refractivity contribution >= 4 is 13.8 Å². The lowest BCUT2D eigenvalue weighted by molar-refractivity contribution is -0.138. The molecule has 1 rings (SSSR count). The molecule has 0 bridgehead atoms. The lowest BCUT2D eigenvalue weighted by atomic mass is 9.88. The molecular weight excluding hydrogens is 433 g/mol. The van der Waals surface area contributed by atoms with Crippen LogP contribution >= 0.6 is 7.82 Å². The molecule has 0 spiro atoms. The molecule has 1 aromatic rings. The Morgan fingerprint density at radius 2 is 1.75 bits per heavy atom. The van der Waals surface area contributed by atoms with Crippen LogP contribution in [0.15, 0.2) is 49.6 Å². The minimum Gasteiger partial charge on any atom is -0.496 e. The average Bonchev–Trinajstić information content (AvgIpc) is 2.79. The Kier molecular flexibility index (Phi) is 12.5. The zero-order valence-electron chi connectivity index (χ0n) is 19.3. The van der Waals surface area contributed by atoms with Crippen LogP contribution in [0.25, 0.3) is 0 Å². The van der Waals surface area contributed by atoms with Gasteiger partial charge in [-0.15, -0.1) is 13.2 Å². The van der Waals surface area contributed by atoms with Gasteiger partial charge in [0.05, 0.1) is 25.9 Å². The number of ether oxygens (including phenoxy) is 1. The molecule has 0 heterocycles. The summed E-state index contributed by atoms with van der Waals surface area (Å²) in [5.41, 5.74) is -0.386. The maximum atomic E-state index is 13.5. The lowest BCUT2D eigenvalue weighted by Crippen LogP contribution is -2.47. The van der Waals surface area contributed by atoms with Crippen molar-refractivity contribution in [2.24, 2.45) is 0 Å². The second-order valence-corrected chi connectivity index (χ2v) is 8.83. The fourth-order valence-corrected chi connectivity index (χ4v) is 4.77. The van der Waals surface area contributed by atoms with Crippen LogP contribution in [-0.2, 0) is 29.4 Å². The number of aliphatic carboxylic acids is 1. The van der Waals surface area contributed by atoms with Gasteiger partial charge >= 0.3 is 13.8 Å². The molecule has 0 fully saturated rings. The Bertz CT molecular complexity index is 765. The van der Waals surface area contributed by atoms with E-state index in [1.54, 1.807) is 7.11 Å². The van der Waals surface area contributed by atoms with Crippen LogP contribution in [0.4, 0.5) is 0 Å². The van der Waals surface area contributed by atoms with Gasteiger partial charge in [-0.1, -0.05) is 44.2 Å². The maximum Gasteiger partial charge on any atom is 0.475 e. The molecule has 0 saturated carbocycles. The number of carboxylic acids is 1. The molecule has 180 valence electrons. The van der Waals surface area contributed by atoms with Crippen LogP contribution in [0.3, 0.4) is 0 Å². The highest BCUT2D eigenvalue weighted by Gasteiger charge is 2.43. The monoisotopic (exact) mass is 469 g/mol. The second-order valence-electron chi connectivity index (χ2n) is 7.23. The predicted octanol–water partition coefficient (Wildman–Crippen LogP) is 4.71. The average molecular weight is 470 g/mol. The molecule has 1 aromatic carbocycles. The first-order chi connectivity index (χ1) is 15.3. The summed E-state index contributed by atoms with van der Waals surface area (Å²) in [7, 11) is -2.51. The molecule has 0 aliphatic carbocycles. The van der Waals surface area contributed by atoms with Crippen molar-refractivity contribution in [1.82, 2.24) is 4.90 Å². The van der Waals surface area contributed by atoms with Crippen molar-refractivity contribution < 1.29 is 32.8 Å². The topological polar surface area (TPSA) is 94.5 Å². The Morgan fingerprint density at radius 1 is 1.16 bits per heavy atom. The number of phosphoric acid groups is 1. The molecular formula is C23H36NO7P. The minimum atomic E-state index is -4.07. The number of nitrogens with zero attached hydrogens (tertiary/aromatic N) is 1. The summed E-state index contributed by atoms with van der Waals surface area (Å²) in [4.78, 5) is 13.6. The van der Waals surface area contributed by atoms with Gasteiger partial charge in [-0.25, -0.2) is 4.57 Å². The summed E-state index contributed by atoms with van der Waals surface area (Å²) in [5.74, 6) is -0.351. The first kappa shape index (κ1) is 28.1. The van der Waals surface area contributed by atoms with Crippen LogP contribution in [0.2, 0.25) is 0 Å². The van der Waals surface area contributed by atoms with E-state index in [4.69, 9.17) is 18.3 Å². The lowest BCUT2D eigenvalue weighted by Gasteiger charge is -2.39. The molecule has 9 heteroatoms. The Labute approximate surface area is 191 Å². The van der Waals surface area contributed by atoms with Crippen molar-refractivity contribution in [2.75, 3.05) is 40.0 Å². The molecule has 0 radical (unpaired) electrons. The summed E-state index contributed by atoms with van der Waals surface area (Å²) in [6.45, 7) is 12.8. The Hall–Kier alpha value is -1.96. The van der Waals surface area contributed by atoms with E-state index >= 15 is 0 Å². The van der Waals surface area contributed by atoms with Gasteiger partial charge in [0.1, 0.15) is 5.75 Å². The molecule has 0 amide bonds. The fourth-order valence-electron chi connectivity index (χ4n) is 3.33. The van der Waals surface area contributed by atoms with E-state index in [1.807, 2.05) is 38.1 Å². The molecule has 0 saturated heterocycles. The third-order valence-corrected chi connectivity index (χ3v) is 6.45. The highest BCUT2D eigenvalue weighted by atomic mass is 31.2. The van der Waals surface area contributed by atoms with Crippen LogP contribution in [0, 0.1) is 0 Å². The summed E-state index contributed by atoms with van der Waals surface area (Å²) in [6.07, 6.45) is 3.04. The zero-order valence-corrected chi connectivity index (χ0v) is 20.2. The van der Waals surface area contributed by atoms with Crippen molar-refractivity contribution in [1.29, 1.82) is 0 Å². The summed E-state index contributed by atoms with van der Waals surface area (Å²) in [6, 6.07) is 7.40. The van der Waals surface area contributed by atoms with Crippen molar-refractivity contribution in [3.63, 3.8) is 0 Å². The van der Waals surface area contributed by atoms with Gasteiger partial charge in [0.2, 0.25) is 0 Å². The van der Waals surface area contributed by atoms with Crippen LogP contribution in [0.1, 0.15) is 32.3 Å². The van der Waals surface area contributed by atoms with Crippen molar-refractivity contribution in [3.8, 4) is 5.75 Å². The Balaban J connectivity index is 3.51. The number of phosphoric ester groups is 1. The minimum absolute atomic E-state index is 0.0522. The number of hydrogen-bond acceptors (Lipinski definition) is 7. The van der Waals surface area contributed by atoms with Gasteiger partial charge in [0, 0.05) is 19.4 Å².